The van der Waals surface area contributed by atoms with Crippen molar-refractivity contribution >= 4 is 11.6 Å². The summed E-state index contributed by atoms with van der Waals surface area (Å²) in [7, 11) is 0. The van der Waals surface area contributed by atoms with Crippen LogP contribution in [-0.4, -0.2) is 23.3 Å². The highest BCUT2D eigenvalue weighted by molar-refractivity contribution is 6.01. The van der Waals surface area contributed by atoms with E-state index >= 15 is 0 Å². The molecule has 2 saturated carbocycles. The SMILES string of the molecule is CC/C=C1\C(C2C[C@H](CC)[C@](C)(C(=O)CO)[C@@H]2C)CCC2=CC(=O)C=C[C@@]21C. The summed E-state index contributed by atoms with van der Waals surface area (Å²) in [6.45, 7) is 10.6. The lowest BCUT2D eigenvalue weighted by Gasteiger charge is -2.46. The van der Waals surface area contributed by atoms with Gasteiger partial charge in [-0.15, -0.1) is 0 Å². The van der Waals surface area contributed by atoms with Crippen molar-refractivity contribution in [1.29, 1.82) is 0 Å². The van der Waals surface area contributed by atoms with Crippen LogP contribution in [0.2, 0.25) is 0 Å². The van der Waals surface area contributed by atoms with Gasteiger partial charge in [0, 0.05) is 10.8 Å². The van der Waals surface area contributed by atoms with Crippen LogP contribution in [-0.2, 0) is 9.59 Å². The van der Waals surface area contributed by atoms with Crippen molar-refractivity contribution in [2.45, 2.75) is 66.7 Å². The van der Waals surface area contributed by atoms with Gasteiger partial charge in [0.25, 0.3) is 0 Å². The first kappa shape index (κ1) is 21.2. The zero-order chi connectivity index (χ0) is 20.7. The molecule has 0 aliphatic heterocycles. The van der Waals surface area contributed by atoms with E-state index in [4.69, 9.17) is 0 Å². The van der Waals surface area contributed by atoms with Crippen LogP contribution in [0.1, 0.15) is 66.7 Å². The van der Waals surface area contributed by atoms with Crippen LogP contribution < -0.4 is 0 Å². The molecule has 0 amide bonds. The first-order valence-corrected chi connectivity index (χ1v) is 11.0. The second-order valence-corrected chi connectivity index (χ2v) is 9.48. The molecular weight excluding hydrogens is 348 g/mol. The molecule has 28 heavy (non-hydrogen) atoms. The number of carbonyl (C=O) groups is 2. The van der Waals surface area contributed by atoms with E-state index in [0.717, 1.165) is 32.1 Å². The number of rotatable bonds is 5. The summed E-state index contributed by atoms with van der Waals surface area (Å²) in [4.78, 5) is 24.7. The Morgan fingerprint density at radius 3 is 2.64 bits per heavy atom. The Hall–Kier alpha value is -1.48. The lowest BCUT2D eigenvalue weighted by Crippen LogP contribution is -2.41. The summed E-state index contributed by atoms with van der Waals surface area (Å²) in [6, 6.07) is 0. The fourth-order valence-corrected chi connectivity index (χ4v) is 6.57. The Bertz CT molecular complexity index is 743. The second-order valence-electron chi connectivity index (χ2n) is 9.48. The van der Waals surface area contributed by atoms with Crippen LogP contribution in [0.3, 0.4) is 0 Å². The molecule has 154 valence electrons. The van der Waals surface area contributed by atoms with Gasteiger partial charge in [0.05, 0.1) is 0 Å². The molecular formula is C25H36O3. The number of hydrogen-bond donors (Lipinski definition) is 1. The molecule has 2 fully saturated rings. The topological polar surface area (TPSA) is 54.4 Å². The summed E-state index contributed by atoms with van der Waals surface area (Å²) in [6.07, 6.45) is 13.0. The van der Waals surface area contributed by atoms with Gasteiger partial charge in [-0.25, -0.2) is 0 Å². The van der Waals surface area contributed by atoms with E-state index in [1.54, 1.807) is 6.08 Å². The normalized spacial score (nSPS) is 41.9. The Kier molecular flexibility index (Phi) is 5.87. The standard InChI is InChI=1S/C25H36O3/c1-6-8-22-20(10-9-18-13-19(27)11-12-24(18,22)4)21-14-17(7-2)25(5,16(21)3)23(28)15-26/h8,11-13,16-17,20-21,26H,6-7,9-10,14-15H2,1-5H3/b22-8+/t16-,17+,20?,21?,24+,25-/m1/s1. The fourth-order valence-electron chi connectivity index (χ4n) is 6.57. The van der Waals surface area contributed by atoms with Crippen LogP contribution in [0.15, 0.2) is 35.5 Å². The highest BCUT2D eigenvalue weighted by atomic mass is 16.3. The largest absolute Gasteiger partial charge is 0.389 e. The number of ketones is 2. The predicted octanol–water partition coefficient (Wildman–Crippen LogP) is 5.05. The Morgan fingerprint density at radius 2 is 2.04 bits per heavy atom. The van der Waals surface area contributed by atoms with Gasteiger partial charge in [0.15, 0.2) is 11.6 Å². The molecule has 3 nitrogen and oxygen atoms in total. The van der Waals surface area contributed by atoms with E-state index in [1.165, 1.54) is 11.1 Å². The van der Waals surface area contributed by atoms with Crippen molar-refractivity contribution in [1.82, 2.24) is 0 Å². The molecule has 0 aromatic rings. The van der Waals surface area contributed by atoms with Gasteiger partial charge in [-0.05, 0) is 68.4 Å². The molecule has 3 aliphatic carbocycles. The molecule has 3 aliphatic rings. The molecule has 0 spiro atoms. The highest BCUT2D eigenvalue weighted by Gasteiger charge is 2.56. The molecule has 0 radical (unpaired) electrons. The molecule has 6 atom stereocenters. The predicted molar refractivity (Wildman–Crippen MR) is 113 cm³/mol. The lowest BCUT2D eigenvalue weighted by molar-refractivity contribution is -0.135. The van der Waals surface area contributed by atoms with Crippen LogP contribution in [0.4, 0.5) is 0 Å². The average Bonchev–Trinajstić information content (AvgIpc) is 2.94. The Labute approximate surface area is 170 Å². The molecule has 0 bridgehead atoms. The lowest BCUT2D eigenvalue weighted by atomic mass is 9.57. The third-order valence-electron chi connectivity index (χ3n) is 8.46. The van der Waals surface area contributed by atoms with Crippen LogP contribution in [0.5, 0.6) is 0 Å². The fraction of sp³-hybridized carbons (Fsp3) is 0.680. The van der Waals surface area contributed by atoms with Crippen molar-refractivity contribution in [3.63, 3.8) is 0 Å². The Morgan fingerprint density at radius 1 is 1.32 bits per heavy atom. The van der Waals surface area contributed by atoms with Crippen LogP contribution in [0.25, 0.3) is 0 Å². The average molecular weight is 385 g/mol. The van der Waals surface area contributed by atoms with E-state index in [9.17, 15) is 14.7 Å². The number of aliphatic hydroxyl groups excluding tert-OH is 1. The molecule has 0 aromatic carbocycles. The smallest absolute Gasteiger partial charge is 0.178 e. The van der Waals surface area contributed by atoms with E-state index in [1.807, 2.05) is 6.08 Å². The first-order valence-electron chi connectivity index (χ1n) is 11.0. The van der Waals surface area contributed by atoms with Gasteiger partial charge in [0.2, 0.25) is 0 Å². The number of hydrogen-bond acceptors (Lipinski definition) is 3. The molecule has 3 heteroatoms. The minimum Gasteiger partial charge on any atom is -0.389 e. The summed E-state index contributed by atoms with van der Waals surface area (Å²) in [5.74, 6) is 1.53. The second kappa shape index (κ2) is 7.74. The van der Waals surface area contributed by atoms with Crippen molar-refractivity contribution in [3.8, 4) is 0 Å². The first-order chi connectivity index (χ1) is 13.2. The van der Waals surface area contributed by atoms with Crippen molar-refractivity contribution in [2.24, 2.45) is 34.5 Å². The zero-order valence-corrected chi connectivity index (χ0v) is 18.1. The van der Waals surface area contributed by atoms with Crippen LogP contribution >= 0.6 is 0 Å². The highest BCUT2D eigenvalue weighted by Crippen LogP contribution is 2.61. The number of aliphatic hydroxyl groups is 1. The van der Waals surface area contributed by atoms with Gasteiger partial charge >= 0.3 is 0 Å². The summed E-state index contributed by atoms with van der Waals surface area (Å²) in [5, 5.41) is 9.64. The summed E-state index contributed by atoms with van der Waals surface area (Å²) >= 11 is 0. The minimum absolute atomic E-state index is 0.00105. The van der Waals surface area contributed by atoms with E-state index < -0.39 is 5.41 Å². The van der Waals surface area contributed by atoms with Crippen molar-refractivity contribution in [3.05, 3.63) is 35.5 Å². The number of fused-ring (bicyclic) bond motifs is 1. The van der Waals surface area contributed by atoms with E-state index in [-0.39, 0.29) is 29.5 Å². The number of carbonyl (C=O) groups excluding carboxylic acids is 2. The van der Waals surface area contributed by atoms with Crippen molar-refractivity contribution < 1.29 is 14.7 Å². The molecule has 0 saturated heterocycles. The maximum absolute atomic E-state index is 12.8. The van der Waals surface area contributed by atoms with Crippen LogP contribution in [0, 0.1) is 34.5 Å². The molecule has 1 N–H and O–H groups in total. The summed E-state index contributed by atoms with van der Waals surface area (Å²) in [5.41, 5.74) is 2.06. The van der Waals surface area contributed by atoms with Gasteiger partial charge in [0.1, 0.15) is 6.61 Å². The minimum atomic E-state index is -0.444. The van der Waals surface area contributed by atoms with E-state index in [2.05, 4.69) is 46.8 Å². The van der Waals surface area contributed by atoms with Gasteiger partial charge in [-0.2, -0.15) is 0 Å². The number of Topliss-reactive ketones (excluding diaryl/α,β-unsaturated/α-hetero) is 1. The Balaban J connectivity index is 2.00. The van der Waals surface area contributed by atoms with Gasteiger partial charge < -0.3 is 5.11 Å². The maximum Gasteiger partial charge on any atom is 0.178 e. The molecule has 2 unspecified atom stereocenters. The monoisotopic (exact) mass is 384 g/mol. The van der Waals surface area contributed by atoms with Gasteiger partial charge in [-0.3, -0.25) is 9.59 Å². The molecule has 0 heterocycles. The maximum atomic E-state index is 12.8. The van der Waals surface area contributed by atoms with Crippen molar-refractivity contribution in [2.75, 3.05) is 6.61 Å². The third kappa shape index (κ3) is 3.07. The zero-order valence-electron chi connectivity index (χ0n) is 18.1. The van der Waals surface area contributed by atoms with E-state index in [0.29, 0.717) is 17.8 Å². The quantitative estimate of drug-likeness (QED) is 0.675. The number of allylic oxidation sites excluding steroid dienone is 6. The third-order valence-corrected chi connectivity index (χ3v) is 8.46. The molecule has 0 aromatic heterocycles. The molecule has 3 rings (SSSR count). The summed E-state index contributed by atoms with van der Waals surface area (Å²) < 4.78 is 0. The van der Waals surface area contributed by atoms with Gasteiger partial charge in [-0.1, -0.05) is 57.4 Å².